The van der Waals surface area contributed by atoms with Crippen molar-refractivity contribution in [3.8, 4) is 0 Å². The second-order valence-electron chi connectivity index (χ2n) is 6.53. The van der Waals surface area contributed by atoms with E-state index < -0.39 is 6.10 Å². The fourth-order valence-corrected chi connectivity index (χ4v) is 3.30. The zero-order valence-electron chi connectivity index (χ0n) is 14.0. The molecule has 1 aliphatic rings. The van der Waals surface area contributed by atoms with Crippen LogP contribution in [0.3, 0.4) is 0 Å². The van der Waals surface area contributed by atoms with Crippen LogP contribution in [0.25, 0.3) is 0 Å². The molecule has 1 saturated heterocycles. The molecule has 0 radical (unpaired) electrons. The molecule has 5 nitrogen and oxygen atoms in total. The smallest absolute Gasteiger partial charge is 0.0917 e. The number of rotatable bonds is 5. The Bertz CT molecular complexity index is 612. The van der Waals surface area contributed by atoms with Crippen molar-refractivity contribution >= 4 is 0 Å². The van der Waals surface area contributed by atoms with E-state index in [1.54, 1.807) is 0 Å². The fraction of sp³-hybridized carbons (Fsp3) is 0.500. The summed E-state index contributed by atoms with van der Waals surface area (Å²) in [7, 11) is 1.95. The van der Waals surface area contributed by atoms with Gasteiger partial charge in [0.15, 0.2) is 0 Å². The van der Waals surface area contributed by atoms with Crippen LogP contribution in [0.15, 0.2) is 42.7 Å². The van der Waals surface area contributed by atoms with Crippen molar-refractivity contribution in [3.05, 3.63) is 53.9 Å². The molecule has 2 atom stereocenters. The Morgan fingerprint density at radius 2 is 2.04 bits per heavy atom. The average molecular weight is 314 g/mol. The number of aliphatic hydroxyl groups excluding tert-OH is 1. The number of nitrogens with zero attached hydrogens (tertiary/aromatic N) is 4. The highest BCUT2D eigenvalue weighted by Crippen LogP contribution is 2.18. The number of aromatic nitrogens is 2. The maximum Gasteiger partial charge on any atom is 0.0917 e. The Morgan fingerprint density at radius 1 is 1.26 bits per heavy atom. The quantitative estimate of drug-likeness (QED) is 0.912. The largest absolute Gasteiger partial charge is 0.387 e. The Hall–Kier alpha value is -1.69. The number of benzene rings is 1. The molecule has 1 aromatic heterocycles. The molecule has 1 aliphatic heterocycles. The van der Waals surface area contributed by atoms with E-state index in [-0.39, 0.29) is 0 Å². The lowest BCUT2D eigenvalue weighted by Gasteiger charge is -2.40. The van der Waals surface area contributed by atoms with E-state index in [1.807, 2.05) is 48.3 Å². The minimum absolute atomic E-state index is 0.413. The van der Waals surface area contributed by atoms with Gasteiger partial charge in [-0.1, -0.05) is 30.3 Å². The summed E-state index contributed by atoms with van der Waals surface area (Å²) in [5, 5.41) is 14.7. The van der Waals surface area contributed by atoms with Gasteiger partial charge in [0, 0.05) is 57.6 Å². The van der Waals surface area contributed by atoms with E-state index in [0.717, 1.165) is 31.7 Å². The van der Waals surface area contributed by atoms with E-state index in [2.05, 4.69) is 28.0 Å². The highest BCUT2D eigenvalue weighted by atomic mass is 16.3. The molecule has 3 rings (SSSR count). The standard InChI is InChI=1S/C18H26N4O/c1-15-11-21(13-16-10-19-20(2)12-16)8-9-22(15)14-18(23)17-6-4-3-5-7-17/h3-7,10,12,15,18,23H,8-9,11,13-14H2,1-2H3/t15-,18-/m1/s1. The molecule has 0 bridgehead atoms. The van der Waals surface area contributed by atoms with Crippen molar-refractivity contribution in [2.24, 2.45) is 7.05 Å². The summed E-state index contributed by atoms with van der Waals surface area (Å²) < 4.78 is 1.85. The summed E-state index contributed by atoms with van der Waals surface area (Å²) in [5.74, 6) is 0. The van der Waals surface area contributed by atoms with Gasteiger partial charge in [-0.05, 0) is 12.5 Å². The van der Waals surface area contributed by atoms with Crippen LogP contribution in [-0.4, -0.2) is 56.9 Å². The van der Waals surface area contributed by atoms with Crippen LogP contribution in [0, 0.1) is 0 Å². The van der Waals surface area contributed by atoms with Gasteiger partial charge in [-0.25, -0.2) is 0 Å². The van der Waals surface area contributed by atoms with Gasteiger partial charge in [0.25, 0.3) is 0 Å². The Morgan fingerprint density at radius 3 is 2.70 bits per heavy atom. The molecular formula is C18H26N4O. The average Bonchev–Trinajstić information content (AvgIpc) is 2.96. The third-order valence-electron chi connectivity index (χ3n) is 4.61. The fourth-order valence-electron chi connectivity index (χ4n) is 3.30. The highest BCUT2D eigenvalue weighted by molar-refractivity contribution is 5.17. The van der Waals surface area contributed by atoms with E-state index in [1.165, 1.54) is 5.56 Å². The summed E-state index contributed by atoms with van der Waals surface area (Å²) in [6, 6.07) is 10.4. The van der Waals surface area contributed by atoms with Gasteiger partial charge in [0.1, 0.15) is 0 Å². The van der Waals surface area contributed by atoms with Gasteiger partial charge < -0.3 is 5.11 Å². The molecule has 0 aliphatic carbocycles. The molecule has 0 spiro atoms. The first-order valence-corrected chi connectivity index (χ1v) is 8.29. The first kappa shape index (κ1) is 16.2. The first-order valence-electron chi connectivity index (χ1n) is 8.29. The van der Waals surface area contributed by atoms with Gasteiger partial charge in [0.05, 0.1) is 12.3 Å². The van der Waals surface area contributed by atoms with Crippen molar-refractivity contribution in [1.82, 2.24) is 19.6 Å². The summed E-state index contributed by atoms with van der Waals surface area (Å²) in [4.78, 5) is 4.85. The van der Waals surface area contributed by atoms with Gasteiger partial charge >= 0.3 is 0 Å². The number of hydrogen-bond donors (Lipinski definition) is 1. The topological polar surface area (TPSA) is 44.5 Å². The van der Waals surface area contributed by atoms with Crippen LogP contribution in [0.2, 0.25) is 0 Å². The van der Waals surface area contributed by atoms with Crippen LogP contribution in [0.4, 0.5) is 0 Å². The SMILES string of the molecule is C[C@@H]1CN(Cc2cnn(C)c2)CCN1C[C@@H](O)c1ccccc1. The summed E-state index contributed by atoms with van der Waals surface area (Å²) in [5.41, 5.74) is 2.26. The van der Waals surface area contributed by atoms with Gasteiger partial charge in [-0.2, -0.15) is 5.10 Å². The van der Waals surface area contributed by atoms with E-state index in [0.29, 0.717) is 12.6 Å². The molecule has 1 aromatic carbocycles. The van der Waals surface area contributed by atoms with Crippen LogP contribution < -0.4 is 0 Å². The molecule has 5 heteroatoms. The third kappa shape index (κ3) is 4.19. The molecule has 0 unspecified atom stereocenters. The minimum atomic E-state index is -0.413. The summed E-state index contributed by atoms with van der Waals surface area (Å²) >= 11 is 0. The van der Waals surface area contributed by atoms with Gasteiger partial charge in [0.2, 0.25) is 0 Å². The zero-order valence-corrected chi connectivity index (χ0v) is 14.0. The molecule has 1 fully saturated rings. The summed E-state index contributed by atoms with van der Waals surface area (Å²) in [6.45, 7) is 6.94. The van der Waals surface area contributed by atoms with Crippen LogP contribution >= 0.6 is 0 Å². The number of piperazine rings is 1. The maximum absolute atomic E-state index is 10.4. The van der Waals surface area contributed by atoms with E-state index in [9.17, 15) is 5.11 Å². The van der Waals surface area contributed by atoms with Crippen LogP contribution in [0.1, 0.15) is 24.2 Å². The number of aliphatic hydroxyl groups is 1. The van der Waals surface area contributed by atoms with Crippen LogP contribution in [0.5, 0.6) is 0 Å². The first-order chi connectivity index (χ1) is 11.1. The molecule has 2 aromatic rings. The minimum Gasteiger partial charge on any atom is -0.387 e. The Labute approximate surface area is 138 Å². The predicted octanol–water partition coefficient (Wildman–Crippen LogP) is 1.66. The molecular weight excluding hydrogens is 288 g/mol. The van der Waals surface area contributed by atoms with E-state index >= 15 is 0 Å². The molecule has 0 saturated carbocycles. The second kappa shape index (κ2) is 7.25. The van der Waals surface area contributed by atoms with Crippen molar-refractivity contribution in [2.45, 2.75) is 25.6 Å². The second-order valence-corrected chi connectivity index (χ2v) is 6.53. The maximum atomic E-state index is 10.4. The lowest BCUT2D eigenvalue weighted by Crippen LogP contribution is -2.52. The highest BCUT2D eigenvalue weighted by Gasteiger charge is 2.25. The van der Waals surface area contributed by atoms with Gasteiger partial charge in [-0.3, -0.25) is 14.5 Å². The Kier molecular flexibility index (Phi) is 5.10. The lowest BCUT2D eigenvalue weighted by atomic mass is 10.1. The molecule has 1 N–H and O–H groups in total. The zero-order chi connectivity index (χ0) is 16.2. The van der Waals surface area contributed by atoms with Crippen LogP contribution in [-0.2, 0) is 13.6 Å². The third-order valence-corrected chi connectivity index (χ3v) is 4.61. The van der Waals surface area contributed by atoms with E-state index in [4.69, 9.17) is 0 Å². The van der Waals surface area contributed by atoms with Crippen molar-refractivity contribution < 1.29 is 5.11 Å². The van der Waals surface area contributed by atoms with Crippen molar-refractivity contribution in [3.63, 3.8) is 0 Å². The van der Waals surface area contributed by atoms with Gasteiger partial charge in [-0.15, -0.1) is 0 Å². The number of hydrogen-bond acceptors (Lipinski definition) is 4. The number of aryl methyl sites for hydroxylation is 1. The molecule has 0 amide bonds. The van der Waals surface area contributed by atoms with Crippen molar-refractivity contribution in [1.29, 1.82) is 0 Å². The Balaban J connectivity index is 1.52. The monoisotopic (exact) mass is 314 g/mol. The lowest BCUT2D eigenvalue weighted by molar-refractivity contribution is 0.0362. The summed E-state index contributed by atoms with van der Waals surface area (Å²) in [6.07, 6.45) is 3.61. The molecule has 124 valence electrons. The molecule has 23 heavy (non-hydrogen) atoms. The predicted molar refractivity (Wildman–Crippen MR) is 90.9 cm³/mol. The number of β-amino-alcohol motifs (C(OH)–C–C–N with tert-alkyl or cyclic N) is 1. The molecule has 2 heterocycles. The normalized spacial score (nSPS) is 21.4. The van der Waals surface area contributed by atoms with Crippen molar-refractivity contribution in [2.75, 3.05) is 26.2 Å².